The van der Waals surface area contributed by atoms with E-state index in [-0.39, 0.29) is 5.91 Å². The largest absolute Gasteiger partial charge is 0.385 e. The zero-order valence-electron chi connectivity index (χ0n) is 10.9. The van der Waals surface area contributed by atoms with Gasteiger partial charge in [0.05, 0.1) is 0 Å². The Balaban J connectivity index is 1.93. The number of benzene rings is 1. The summed E-state index contributed by atoms with van der Waals surface area (Å²) >= 11 is 0. The van der Waals surface area contributed by atoms with Gasteiger partial charge in [0.2, 0.25) is 0 Å². The van der Waals surface area contributed by atoms with Crippen LogP contribution >= 0.6 is 0 Å². The Labute approximate surface area is 108 Å². The Morgan fingerprint density at radius 3 is 3.00 bits per heavy atom. The first-order valence-corrected chi connectivity index (χ1v) is 6.98. The van der Waals surface area contributed by atoms with Gasteiger partial charge in [-0.2, -0.15) is 0 Å². The highest BCUT2D eigenvalue weighted by atomic mass is 16.2. The van der Waals surface area contributed by atoms with Crippen LogP contribution < -0.4 is 5.32 Å². The molecule has 0 unspecified atom stereocenters. The third-order valence-electron chi connectivity index (χ3n) is 3.91. The third-order valence-corrected chi connectivity index (χ3v) is 3.91. The Kier molecular flexibility index (Phi) is 2.98. The van der Waals surface area contributed by atoms with E-state index in [2.05, 4.69) is 18.3 Å². The number of hydrogen-bond donors (Lipinski definition) is 1. The minimum Gasteiger partial charge on any atom is -0.385 e. The van der Waals surface area contributed by atoms with Gasteiger partial charge in [-0.15, -0.1) is 0 Å². The van der Waals surface area contributed by atoms with Crippen molar-refractivity contribution in [3.63, 3.8) is 0 Å². The molecule has 2 aliphatic rings. The van der Waals surface area contributed by atoms with Crippen LogP contribution in [0, 0.1) is 0 Å². The van der Waals surface area contributed by atoms with Crippen molar-refractivity contribution >= 4 is 11.6 Å². The highest BCUT2D eigenvalue weighted by Gasteiger charge is 2.33. The predicted octanol–water partition coefficient (Wildman–Crippen LogP) is 2.67. The average Bonchev–Trinajstić information content (AvgIpc) is 3.23. The van der Waals surface area contributed by atoms with Gasteiger partial charge in [-0.1, -0.05) is 6.07 Å². The zero-order valence-corrected chi connectivity index (χ0v) is 10.9. The number of carbonyl (C=O) groups excluding carboxylic acids is 1. The molecule has 0 spiro atoms. The molecule has 1 fully saturated rings. The van der Waals surface area contributed by atoms with Crippen LogP contribution in [0.1, 0.15) is 42.1 Å². The van der Waals surface area contributed by atoms with Crippen molar-refractivity contribution in [3.8, 4) is 0 Å². The van der Waals surface area contributed by atoms with Crippen LogP contribution in [0.25, 0.3) is 0 Å². The number of hydrogen-bond acceptors (Lipinski definition) is 2. The van der Waals surface area contributed by atoms with Crippen molar-refractivity contribution in [2.24, 2.45) is 0 Å². The first-order valence-electron chi connectivity index (χ1n) is 6.98. The molecule has 96 valence electrons. The van der Waals surface area contributed by atoms with E-state index in [1.807, 2.05) is 17.0 Å². The lowest BCUT2D eigenvalue weighted by molar-refractivity contribution is 0.0751. The third kappa shape index (κ3) is 1.98. The molecule has 3 heteroatoms. The zero-order chi connectivity index (χ0) is 12.5. The number of fused-ring (bicyclic) bond motifs is 1. The monoisotopic (exact) mass is 244 g/mol. The van der Waals surface area contributed by atoms with E-state index in [0.717, 1.165) is 37.2 Å². The summed E-state index contributed by atoms with van der Waals surface area (Å²) < 4.78 is 0. The van der Waals surface area contributed by atoms with Gasteiger partial charge in [0.25, 0.3) is 5.91 Å². The highest BCUT2D eigenvalue weighted by molar-refractivity contribution is 5.97. The SMILES string of the molecule is CCN(C(=O)c1cccc2c1CCCN2)C1CC1. The molecule has 1 saturated carbocycles. The molecule has 3 rings (SSSR count). The summed E-state index contributed by atoms with van der Waals surface area (Å²) in [6, 6.07) is 6.55. The Bertz CT molecular complexity index is 466. The summed E-state index contributed by atoms with van der Waals surface area (Å²) in [5.74, 6) is 0.223. The van der Waals surface area contributed by atoms with Crippen molar-refractivity contribution in [3.05, 3.63) is 29.3 Å². The average molecular weight is 244 g/mol. The van der Waals surface area contributed by atoms with Crippen molar-refractivity contribution in [2.45, 2.75) is 38.6 Å². The summed E-state index contributed by atoms with van der Waals surface area (Å²) in [7, 11) is 0. The minimum atomic E-state index is 0.223. The van der Waals surface area contributed by atoms with E-state index in [4.69, 9.17) is 0 Å². The molecule has 3 nitrogen and oxygen atoms in total. The highest BCUT2D eigenvalue weighted by Crippen LogP contribution is 2.31. The summed E-state index contributed by atoms with van der Waals surface area (Å²) in [6.07, 6.45) is 4.49. The molecule has 1 aliphatic heterocycles. The molecular formula is C15H20N2O. The standard InChI is InChI=1S/C15H20N2O/c1-2-17(11-8-9-11)15(18)13-5-3-7-14-12(13)6-4-10-16-14/h3,5,7,11,16H,2,4,6,8-10H2,1H3. The lowest BCUT2D eigenvalue weighted by Gasteiger charge is -2.25. The van der Waals surface area contributed by atoms with Gasteiger partial charge >= 0.3 is 0 Å². The van der Waals surface area contributed by atoms with Gasteiger partial charge in [0.1, 0.15) is 0 Å². The van der Waals surface area contributed by atoms with Gasteiger partial charge in [0, 0.05) is 30.4 Å². The number of nitrogens with zero attached hydrogens (tertiary/aromatic N) is 1. The van der Waals surface area contributed by atoms with E-state index >= 15 is 0 Å². The van der Waals surface area contributed by atoms with Crippen LogP contribution in [0.4, 0.5) is 5.69 Å². The second-order valence-corrected chi connectivity index (χ2v) is 5.18. The molecule has 0 aromatic heterocycles. The topological polar surface area (TPSA) is 32.3 Å². The van der Waals surface area contributed by atoms with E-state index < -0.39 is 0 Å². The number of carbonyl (C=O) groups is 1. The predicted molar refractivity (Wildman–Crippen MR) is 73.0 cm³/mol. The number of rotatable bonds is 3. The summed E-state index contributed by atoms with van der Waals surface area (Å²) in [5, 5.41) is 3.39. The van der Waals surface area contributed by atoms with Crippen molar-refractivity contribution < 1.29 is 4.79 Å². The van der Waals surface area contributed by atoms with Gasteiger partial charge in [-0.05, 0) is 50.3 Å². The van der Waals surface area contributed by atoms with Crippen LogP contribution in [0.15, 0.2) is 18.2 Å². The fraction of sp³-hybridized carbons (Fsp3) is 0.533. The maximum Gasteiger partial charge on any atom is 0.254 e. The van der Waals surface area contributed by atoms with Gasteiger partial charge in [-0.25, -0.2) is 0 Å². The molecule has 0 atom stereocenters. The van der Waals surface area contributed by atoms with Crippen molar-refractivity contribution in [1.29, 1.82) is 0 Å². The normalized spacial score (nSPS) is 17.8. The number of anilines is 1. The molecule has 1 N–H and O–H groups in total. The van der Waals surface area contributed by atoms with Crippen LogP contribution in [0.2, 0.25) is 0 Å². The molecule has 1 aromatic carbocycles. The molecule has 18 heavy (non-hydrogen) atoms. The van der Waals surface area contributed by atoms with Gasteiger partial charge in [-0.3, -0.25) is 4.79 Å². The molecule has 1 aliphatic carbocycles. The Morgan fingerprint density at radius 2 is 2.28 bits per heavy atom. The molecule has 1 aromatic rings. The smallest absolute Gasteiger partial charge is 0.254 e. The van der Waals surface area contributed by atoms with E-state index in [1.54, 1.807) is 0 Å². The summed E-state index contributed by atoms with van der Waals surface area (Å²) in [4.78, 5) is 14.7. The van der Waals surface area contributed by atoms with Crippen molar-refractivity contribution in [1.82, 2.24) is 4.90 Å². The van der Waals surface area contributed by atoms with Crippen molar-refractivity contribution in [2.75, 3.05) is 18.4 Å². The molecule has 0 bridgehead atoms. The maximum absolute atomic E-state index is 12.6. The molecule has 0 radical (unpaired) electrons. The fourth-order valence-electron chi connectivity index (χ4n) is 2.82. The van der Waals surface area contributed by atoms with Gasteiger partial charge < -0.3 is 10.2 Å². The first kappa shape index (κ1) is 11.6. The maximum atomic E-state index is 12.6. The van der Waals surface area contributed by atoms with E-state index in [1.165, 1.54) is 18.4 Å². The molecule has 1 amide bonds. The Hall–Kier alpha value is -1.51. The summed E-state index contributed by atoms with van der Waals surface area (Å²) in [5.41, 5.74) is 3.28. The van der Waals surface area contributed by atoms with E-state index in [9.17, 15) is 4.79 Å². The first-order chi connectivity index (χ1) is 8.81. The Morgan fingerprint density at radius 1 is 1.44 bits per heavy atom. The molecule has 0 saturated heterocycles. The number of nitrogens with one attached hydrogen (secondary N) is 1. The van der Waals surface area contributed by atoms with Crippen LogP contribution in [0.3, 0.4) is 0 Å². The summed E-state index contributed by atoms with van der Waals surface area (Å²) in [6.45, 7) is 3.91. The molecular weight excluding hydrogens is 224 g/mol. The second-order valence-electron chi connectivity index (χ2n) is 5.18. The van der Waals surface area contributed by atoms with Crippen LogP contribution in [-0.4, -0.2) is 29.9 Å². The molecule has 1 heterocycles. The lowest BCUT2D eigenvalue weighted by Crippen LogP contribution is -2.34. The van der Waals surface area contributed by atoms with Crippen LogP contribution in [-0.2, 0) is 6.42 Å². The lowest BCUT2D eigenvalue weighted by atomic mass is 9.97. The van der Waals surface area contributed by atoms with Crippen LogP contribution in [0.5, 0.6) is 0 Å². The van der Waals surface area contributed by atoms with Gasteiger partial charge in [0.15, 0.2) is 0 Å². The fourth-order valence-corrected chi connectivity index (χ4v) is 2.82. The minimum absolute atomic E-state index is 0.223. The number of amides is 1. The van der Waals surface area contributed by atoms with E-state index in [0.29, 0.717) is 6.04 Å². The quantitative estimate of drug-likeness (QED) is 0.886. The second kappa shape index (κ2) is 4.63.